The Bertz CT molecular complexity index is 917. The number of anilines is 2. The minimum absolute atomic E-state index is 0.0230. The number of hydrogen-bond acceptors (Lipinski definition) is 5. The van der Waals surface area contributed by atoms with E-state index in [9.17, 15) is 14.4 Å². The van der Waals surface area contributed by atoms with Crippen LogP contribution in [0.25, 0.3) is 0 Å². The van der Waals surface area contributed by atoms with E-state index in [1.54, 1.807) is 42.5 Å². The molecule has 0 unspecified atom stereocenters. The van der Waals surface area contributed by atoms with Crippen LogP contribution in [0, 0.1) is 5.92 Å². The number of ether oxygens (including phenoxy) is 2. The minimum Gasteiger partial charge on any atom is -0.492 e. The van der Waals surface area contributed by atoms with Crippen molar-refractivity contribution in [3.63, 3.8) is 0 Å². The first-order chi connectivity index (χ1) is 14.0. The van der Waals surface area contributed by atoms with Crippen LogP contribution in [0.4, 0.5) is 11.4 Å². The molecule has 2 aromatic rings. The summed E-state index contributed by atoms with van der Waals surface area (Å²) in [6, 6.07) is 13.8. The van der Waals surface area contributed by atoms with Crippen LogP contribution < -0.4 is 15.0 Å². The van der Waals surface area contributed by atoms with Crippen molar-refractivity contribution in [3.8, 4) is 5.75 Å². The van der Waals surface area contributed by atoms with E-state index in [1.807, 2.05) is 13.0 Å². The highest BCUT2D eigenvalue weighted by molar-refractivity contribution is 6.30. The van der Waals surface area contributed by atoms with Crippen molar-refractivity contribution in [3.05, 3.63) is 53.6 Å². The number of carbonyl (C=O) groups is 3. The first kappa shape index (κ1) is 20.7. The minimum atomic E-state index is -0.642. The van der Waals surface area contributed by atoms with Gasteiger partial charge in [-0.05, 0) is 37.3 Å². The van der Waals surface area contributed by atoms with Crippen LogP contribution in [0.5, 0.6) is 5.75 Å². The second-order valence-corrected chi connectivity index (χ2v) is 6.91. The number of nitrogens with zero attached hydrogens (tertiary/aromatic N) is 1. The summed E-state index contributed by atoms with van der Waals surface area (Å²) in [6.07, 6.45) is 0.0230. The van der Waals surface area contributed by atoms with Gasteiger partial charge in [-0.15, -0.1) is 0 Å². The van der Waals surface area contributed by atoms with E-state index in [0.717, 1.165) is 0 Å². The molecule has 8 heteroatoms. The summed E-state index contributed by atoms with van der Waals surface area (Å²) in [5, 5.41) is 3.08. The SMILES string of the molecule is CCOc1ccccc1N1C[C@H](C(=O)OCC(=O)Nc2cccc(Cl)c2)CC1=O. The van der Waals surface area contributed by atoms with Crippen molar-refractivity contribution < 1.29 is 23.9 Å². The zero-order valence-corrected chi connectivity index (χ0v) is 16.6. The van der Waals surface area contributed by atoms with Gasteiger partial charge in [0.2, 0.25) is 5.91 Å². The lowest BCUT2D eigenvalue weighted by Gasteiger charge is -2.19. The molecule has 0 saturated carbocycles. The number of carbonyl (C=O) groups excluding carboxylic acids is 3. The van der Waals surface area contributed by atoms with Gasteiger partial charge in [-0.25, -0.2) is 0 Å². The summed E-state index contributed by atoms with van der Waals surface area (Å²) in [5.74, 6) is -1.32. The number of rotatable bonds is 7. The molecule has 0 bridgehead atoms. The fourth-order valence-electron chi connectivity index (χ4n) is 3.07. The molecule has 3 rings (SSSR count). The number of nitrogens with one attached hydrogen (secondary N) is 1. The van der Waals surface area contributed by atoms with Crippen LogP contribution >= 0.6 is 11.6 Å². The predicted octanol–water partition coefficient (Wildman–Crippen LogP) is 3.27. The van der Waals surface area contributed by atoms with Crippen LogP contribution in [-0.2, 0) is 19.1 Å². The Morgan fingerprint density at radius 3 is 2.76 bits per heavy atom. The van der Waals surface area contributed by atoms with Gasteiger partial charge >= 0.3 is 5.97 Å². The highest BCUT2D eigenvalue weighted by Crippen LogP contribution is 2.33. The van der Waals surface area contributed by atoms with Gasteiger partial charge < -0.3 is 19.7 Å². The Hall–Kier alpha value is -3.06. The Balaban J connectivity index is 1.56. The van der Waals surface area contributed by atoms with Gasteiger partial charge in [0.05, 0.1) is 18.2 Å². The van der Waals surface area contributed by atoms with Crippen LogP contribution in [0.1, 0.15) is 13.3 Å². The quantitative estimate of drug-likeness (QED) is 0.700. The molecule has 152 valence electrons. The normalized spacial score (nSPS) is 15.9. The first-order valence-corrected chi connectivity index (χ1v) is 9.60. The Labute approximate surface area is 173 Å². The van der Waals surface area contributed by atoms with E-state index < -0.39 is 24.4 Å². The molecule has 0 aromatic heterocycles. The third-order valence-corrected chi connectivity index (χ3v) is 4.60. The smallest absolute Gasteiger partial charge is 0.311 e. The van der Waals surface area contributed by atoms with Crippen molar-refractivity contribution in [2.75, 3.05) is 30.0 Å². The molecular weight excluding hydrogens is 396 g/mol. The Morgan fingerprint density at radius 1 is 1.21 bits per heavy atom. The average Bonchev–Trinajstić information content (AvgIpc) is 3.08. The summed E-state index contributed by atoms with van der Waals surface area (Å²) in [5.41, 5.74) is 1.13. The van der Waals surface area contributed by atoms with Gasteiger partial charge in [0.25, 0.3) is 5.91 Å². The van der Waals surface area contributed by atoms with Crippen LogP contribution in [-0.4, -0.2) is 37.5 Å². The Morgan fingerprint density at radius 2 is 2.00 bits per heavy atom. The van der Waals surface area contributed by atoms with Gasteiger partial charge in [0, 0.05) is 23.7 Å². The third kappa shape index (κ3) is 5.26. The largest absolute Gasteiger partial charge is 0.492 e. The molecule has 7 nitrogen and oxygen atoms in total. The van der Waals surface area contributed by atoms with Gasteiger partial charge in [0.15, 0.2) is 6.61 Å². The highest BCUT2D eigenvalue weighted by Gasteiger charge is 2.37. The summed E-state index contributed by atoms with van der Waals surface area (Å²) < 4.78 is 10.7. The molecule has 1 aliphatic rings. The summed E-state index contributed by atoms with van der Waals surface area (Å²) in [6.45, 7) is 2.06. The number of hydrogen-bond donors (Lipinski definition) is 1. The van der Waals surface area contributed by atoms with Crippen molar-refractivity contribution in [2.45, 2.75) is 13.3 Å². The van der Waals surface area contributed by atoms with Crippen LogP contribution in [0.2, 0.25) is 5.02 Å². The zero-order valence-electron chi connectivity index (χ0n) is 15.9. The molecule has 2 aromatic carbocycles. The number of amides is 2. The van der Waals surface area contributed by atoms with E-state index in [4.69, 9.17) is 21.1 Å². The van der Waals surface area contributed by atoms with Crippen molar-refractivity contribution in [2.24, 2.45) is 5.92 Å². The van der Waals surface area contributed by atoms with E-state index in [1.165, 1.54) is 4.90 Å². The summed E-state index contributed by atoms with van der Waals surface area (Å²) in [4.78, 5) is 38.3. The molecule has 29 heavy (non-hydrogen) atoms. The lowest BCUT2D eigenvalue weighted by molar-refractivity contribution is -0.151. The zero-order chi connectivity index (χ0) is 20.8. The van der Waals surface area contributed by atoms with Gasteiger partial charge in [-0.1, -0.05) is 29.8 Å². The molecule has 0 spiro atoms. The van der Waals surface area contributed by atoms with Gasteiger partial charge in [-0.2, -0.15) is 0 Å². The second-order valence-electron chi connectivity index (χ2n) is 6.47. The molecular formula is C21H21ClN2O5. The number of esters is 1. The molecule has 1 saturated heterocycles. The predicted molar refractivity (Wildman–Crippen MR) is 109 cm³/mol. The first-order valence-electron chi connectivity index (χ1n) is 9.22. The summed E-state index contributed by atoms with van der Waals surface area (Å²) in [7, 11) is 0. The van der Waals surface area contributed by atoms with Crippen LogP contribution in [0.15, 0.2) is 48.5 Å². The number of benzene rings is 2. The lowest BCUT2D eigenvalue weighted by atomic mass is 10.1. The second kappa shape index (κ2) is 9.43. The maximum Gasteiger partial charge on any atom is 0.311 e. The van der Waals surface area contributed by atoms with Crippen molar-refractivity contribution in [1.29, 1.82) is 0 Å². The van der Waals surface area contributed by atoms with Crippen molar-refractivity contribution >= 4 is 40.8 Å². The Kier molecular flexibility index (Phi) is 6.72. The van der Waals surface area contributed by atoms with Gasteiger partial charge in [-0.3, -0.25) is 14.4 Å². The molecule has 1 atom stereocenters. The molecule has 1 heterocycles. The van der Waals surface area contributed by atoms with Gasteiger partial charge in [0.1, 0.15) is 5.75 Å². The average molecular weight is 417 g/mol. The lowest BCUT2D eigenvalue weighted by Crippen LogP contribution is -2.28. The fraction of sp³-hybridized carbons (Fsp3) is 0.286. The highest BCUT2D eigenvalue weighted by atomic mass is 35.5. The topological polar surface area (TPSA) is 84.9 Å². The number of para-hydroxylation sites is 2. The third-order valence-electron chi connectivity index (χ3n) is 4.37. The molecule has 0 aliphatic carbocycles. The van der Waals surface area contributed by atoms with E-state index in [0.29, 0.717) is 28.8 Å². The van der Waals surface area contributed by atoms with Crippen LogP contribution in [0.3, 0.4) is 0 Å². The number of halogens is 1. The standard InChI is InChI=1S/C21H21ClN2O5/c1-2-28-18-9-4-3-8-17(18)24-12-14(10-20(24)26)21(27)29-13-19(25)23-16-7-5-6-15(22)11-16/h3-9,11,14H,2,10,12-13H2,1H3,(H,23,25)/t14-/m1/s1. The molecule has 2 amide bonds. The molecule has 0 radical (unpaired) electrons. The maximum absolute atomic E-state index is 12.4. The molecule has 1 aliphatic heterocycles. The fourth-order valence-corrected chi connectivity index (χ4v) is 3.26. The monoisotopic (exact) mass is 416 g/mol. The van der Waals surface area contributed by atoms with E-state index >= 15 is 0 Å². The maximum atomic E-state index is 12.4. The molecule has 1 N–H and O–H groups in total. The van der Waals surface area contributed by atoms with E-state index in [-0.39, 0.29) is 18.9 Å². The summed E-state index contributed by atoms with van der Waals surface area (Å²) >= 11 is 5.87. The molecule has 1 fully saturated rings. The van der Waals surface area contributed by atoms with Crippen molar-refractivity contribution in [1.82, 2.24) is 0 Å². The van der Waals surface area contributed by atoms with E-state index in [2.05, 4.69) is 5.32 Å².